The van der Waals surface area contributed by atoms with Gasteiger partial charge < -0.3 is 10.6 Å². The van der Waals surface area contributed by atoms with Crippen LogP contribution in [0.25, 0.3) is 0 Å². The van der Waals surface area contributed by atoms with Gasteiger partial charge in [0.15, 0.2) is 0 Å². The van der Waals surface area contributed by atoms with Gasteiger partial charge in [0.1, 0.15) is 5.82 Å². The molecule has 1 aromatic rings. The topological polar surface area (TPSA) is 42.1 Å². The van der Waals surface area contributed by atoms with E-state index in [-0.39, 0.29) is 0 Å². The maximum atomic E-state index is 6.13. The van der Waals surface area contributed by atoms with Gasteiger partial charge >= 0.3 is 0 Å². The summed E-state index contributed by atoms with van der Waals surface area (Å²) in [4.78, 5) is 7.16. The smallest absolute Gasteiger partial charge is 0.129 e. The third-order valence-corrected chi connectivity index (χ3v) is 4.45. The molecule has 0 radical (unpaired) electrons. The van der Waals surface area contributed by atoms with E-state index in [0.717, 1.165) is 18.1 Å². The minimum absolute atomic E-state index is 0.398. The molecule has 0 aliphatic heterocycles. The monoisotopic (exact) mass is 295 g/mol. The molecule has 3 nitrogen and oxygen atoms in total. The van der Waals surface area contributed by atoms with Crippen molar-refractivity contribution in [1.29, 1.82) is 0 Å². The first kappa shape index (κ1) is 15.6. The van der Waals surface area contributed by atoms with Crippen molar-refractivity contribution in [2.75, 3.05) is 11.4 Å². The van der Waals surface area contributed by atoms with Crippen molar-refractivity contribution in [2.24, 2.45) is 11.7 Å². The molecule has 2 rings (SSSR count). The molecule has 112 valence electrons. The molecule has 1 fully saturated rings. The lowest BCUT2D eigenvalue weighted by Gasteiger charge is -2.31. The largest absolute Gasteiger partial charge is 0.354 e. The van der Waals surface area contributed by atoms with Gasteiger partial charge in [-0.1, -0.05) is 38.3 Å². The van der Waals surface area contributed by atoms with Gasteiger partial charge in [0.25, 0.3) is 0 Å². The average Bonchev–Trinajstić information content (AvgIpc) is 2.94. The molecule has 0 amide bonds. The number of nitrogens with two attached hydrogens (primary N) is 1. The Kier molecular flexibility index (Phi) is 5.67. The molecule has 4 heteroatoms. The molecule has 1 aliphatic carbocycles. The van der Waals surface area contributed by atoms with Crippen LogP contribution in [-0.2, 0) is 6.54 Å². The zero-order valence-electron chi connectivity index (χ0n) is 12.6. The van der Waals surface area contributed by atoms with Crippen LogP contribution in [0.1, 0.15) is 51.6 Å². The minimum atomic E-state index is 0.398. The molecular formula is C16H26ClN3. The summed E-state index contributed by atoms with van der Waals surface area (Å²) in [6.45, 7) is 6.01. The van der Waals surface area contributed by atoms with Gasteiger partial charge in [0.05, 0.1) is 10.7 Å². The molecular weight excluding hydrogens is 270 g/mol. The van der Waals surface area contributed by atoms with Crippen LogP contribution in [0, 0.1) is 5.92 Å². The predicted octanol–water partition coefficient (Wildman–Crippen LogP) is 3.99. The van der Waals surface area contributed by atoms with Crippen molar-refractivity contribution in [3.8, 4) is 0 Å². The minimum Gasteiger partial charge on any atom is -0.354 e. The average molecular weight is 296 g/mol. The standard InChI is InChI=1S/C16H26ClN3/c1-12(2)9-10-20(13-5-3-4-6-13)16-8-7-14(17)15(11-18)19-16/h7-8,12-13H,3-6,9-11,18H2,1-2H3. The van der Waals surface area contributed by atoms with E-state index in [2.05, 4.69) is 23.7 Å². The number of pyridine rings is 1. The highest BCUT2D eigenvalue weighted by Crippen LogP contribution is 2.29. The molecule has 0 spiro atoms. The number of rotatable bonds is 6. The molecule has 0 bridgehead atoms. The van der Waals surface area contributed by atoms with Crippen molar-refractivity contribution >= 4 is 17.4 Å². The Balaban J connectivity index is 2.20. The van der Waals surface area contributed by atoms with Crippen molar-refractivity contribution in [2.45, 2.75) is 58.5 Å². The molecule has 2 N–H and O–H groups in total. The Morgan fingerprint density at radius 1 is 1.35 bits per heavy atom. The Morgan fingerprint density at radius 3 is 2.65 bits per heavy atom. The molecule has 1 aliphatic rings. The predicted molar refractivity (Wildman–Crippen MR) is 86.2 cm³/mol. The number of hydrogen-bond donors (Lipinski definition) is 1. The number of anilines is 1. The lowest BCUT2D eigenvalue weighted by Crippen LogP contribution is -2.35. The van der Waals surface area contributed by atoms with Gasteiger partial charge in [-0.15, -0.1) is 0 Å². The van der Waals surface area contributed by atoms with E-state index in [9.17, 15) is 0 Å². The fraction of sp³-hybridized carbons (Fsp3) is 0.688. The van der Waals surface area contributed by atoms with Gasteiger partial charge in [-0.3, -0.25) is 0 Å². The summed E-state index contributed by atoms with van der Waals surface area (Å²) in [5.41, 5.74) is 6.53. The van der Waals surface area contributed by atoms with Crippen molar-refractivity contribution in [1.82, 2.24) is 4.98 Å². The Morgan fingerprint density at radius 2 is 2.05 bits per heavy atom. The van der Waals surface area contributed by atoms with E-state index in [1.54, 1.807) is 0 Å². The van der Waals surface area contributed by atoms with Crippen LogP contribution >= 0.6 is 11.6 Å². The second kappa shape index (κ2) is 7.28. The van der Waals surface area contributed by atoms with Crippen molar-refractivity contribution < 1.29 is 0 Å². The lowest BCUT2D eigenvalue weighted by atomic mass is 10.1. The summed E-state index contributed by atoms with van der Waals surface area (Å²) in [5, 5.41) is 0.673. The highest BCUT2D eigenvalue weighted by Gasteiger charge is 2.24. The molecule has 0 unspecified atom stereocenters. The van der Waals surface area contributed by atoms with E-state index >= 15 is 0 Å². The normalized spacial score (nSPS) is 16.1. The summed E-state index contributed by atoms with van der Waals surface area (Å²) < 4.78 is 0. The van der Waals surface area contributed by atoms with Gasteiger partial charge in [-0.2, -0.15) is 0 Å². The molecule has 1 heterocycles. The van der Waals surface area contributed by atoms with E-state index in [0.29, 0.717) is 23.5 Å². The summed E-state index contributed by atoms with van der Waals surface area (Å²) in [6.07, 6.45) is 6.42. The Bertz CT molecular complexity index is 428. The maximum absolute atomic E-state index is 6.13. The van der Waals surface area contributed by atoms with Crippen LogP contribution in [-0.4, -0.2) is 17.6 Å². The fourth-order valence-corrected chi connectivity index (χ4v) is 3.06. The van der Waals surface area contributed by atoms with Gasteiger partial charge in [0, 0.05) is 19.1 Å². The highest BCUT2D eigenvalue weighted by molar-refractivity contribution is 6.31. The molecule has 0 saturated heterocycles. The van der Waals surface area contributed by atoms with Crippen LogP contribution in [0.4, 0.5) is 5.82 Å². The van der Waals surface area contributed by atoms with Crippen molar-refractivity contribution in [3.05, 3.63) is 22.8 Å². The zero-order chi connectivity index (χ0) is 14.5. The summed E-state index contributed by atoms with van der Waals surface area (Å²) in [5.74, 6) is 1.75. The fourth-order valence-electron chi connectivity index (χ4n) is 2.87. The second-order valence-corrected chi connectivity index (χ2v) is 6.52. The molecule has 1 saturated carbocycles. The van der Waals surface area contributed by atoms with Crippen molar-refractivity contribution in [3.63, 3.8) is 0 Å². The van der Waals surface area contributed by atoms with Gasteiger partial charge in [-0.05, 0) is 37.3 Å². The molecule has 20 heavy (non-hydrogen) atoms. The quantitative estimate of drug-likeness (QED) is 0.863. The number of halogens is 1. The second-order valence-electron chi connectivity index (χ2n) is 6.12. The first-order valence-electron chi connectivity index (χ1n) is 7.74. The highest BCUT2D eigenvalue weighted by atomic mass is 35.5. The first-order valence-corrected chi connectivity index (χ1v) is 8.11. The van der Waals surface area contributed by atoms with E-state index in [1.807, 2.05) is 12.1 Å². The van der Waals surface area contributed by atoms with Crippen LogP contribution in [0.3, 0.4) is 0 Å². The lowest BCUT2D eigenvalue weighted by molar-refractivity contribution is 0.524. The van der Waals surface area contributed by atoms with Gasteiger partial charge in [-0.25, -0.2) is 4.98 Å². The Hall–Kier alpha value is -0.800. The van der Waals surface area contributed by atoms with Crippen LogP contribution in [0.2, 0.25) is 5.02 Å². The summed E-state index contributed by atoms with van der Waals surface area (Å²) >= 11 is 6.13. The van der Waals surface area contributed by atoms with Gasteiger partial charge in [0.2, 0.25) is 0 Å². The third-order valence-electron chi connectivity index (χ3n) is 4.10. The first-order chi connectivity index (χ1) is 9.61. The van der Waals surface area contributed by atoms with Crippen LogP contribution < -0.4 is 10.6 Å². The summed E-state index contributed by atoms with van der Waals surface area (Å²) in [7, 11) is 0. The molecule has 1 aromatic heterocycles. The molecule has 0 aromatic carbocycles. The molecule has 0 atom stereocenters. The summed E-state index contributed by atoms with van der Waals surface area (Å²) in [6, 6.07) is 4.61. The number of aromatic nitrogens is 1. The Labute approximate surface area is 127 Å². The zero-order valence-corrected chi connectivity index (χ0v) is 13.4. The van der Waals surface area contributed by atoms with Crippen LogP contribution in [0.5, 0.6) is 0 Å². The van der Waals surface area contributed by atoms with E-state index in [4.69, 9.17) is 17.3 Å². The van der Waals surface area contributed by atoms with E-state index < -0.39 is 0 Å². The number of nitrogens with zero attached hydrogens (tertiary/aromatic N) is 2. The SMILES string of the molecule is CC(C)CCN(c1ccc(Cl)c(CN)n1)C1CCCC1. The van der Waals surface area contributed by atoms with E-state index in [1.165, 1.54) is 32.1 Å². The maximum Gasteiger partial charge on any atom is 0.129 e. The third kappa shape index (κ3) is 3.86. The number of hydrogen-bond acceptors (Lipinski definition) is 3. The van der Waals surface area contributed by atoms with Crippen LogP contribution in [0.15, 0.2) is 12.1 Å².